The van der Waals surface area contributed by atoms with Crippen LogP contribution in [0.25, 0.3) is 0 Å². The first-order valence-corrected chi connectivity index (χ1v) is 7.28. The maximum Gasteiger partial charge on any atom is 0.166 e. The Kier molecular flexibility index (Phi) is 3.10. The predicted octanol–water partition coefficient (Wildman–Crippen LogP) is 3.63. The summed E-state index contributed by atoms with van der Waals surface area (Å²) in [4.78, 5) is 0. The van der Waals surface area contributed by atoms with Gasteiger partial charge in [0, 0.05) is 22.4 Å². The van der Waals surface area contributed by atoms with Crippen LogP contribution in [0, 0.1) is 11.2 Å². The van der Waals surface area contributed by atoms with E-state index in [4.69, 9.17) is 10.5 Å². The van der Waals surface area contributed by atoms with Gasteiger partial charge >= 0.3 is 0 Å². The first kappa shape index (κ1) is 12.4. The lowest BCUT2D eigenvalue weighted by molar-refractivity contribution is -0.0636. The number of benzene rings is 1. The molecular formula is C14H17BrFNO. The Balaban J connectivity index is 1.77. The van der Waals surface area contributed by atoms with E-state index in [1.54, 1.807) is 12.1 Å². The Labute approximate surface area is 115 Å². The summed E-state index contributed by atoms with van der Waals surface area (Å²) in [5, 5.41) is 0. The number of halogens is 2. The molecule has 2 aliphatic rings. The standard InChI is InChI=1S/C14H17BrFNO/c15-9-3-4-11(10(16)7-9)18-13-8-12(17)14(13)5-1-2-6-14/h3-4,7,12-13H,1-2,5-6,8,17H2. The van der Waals surface area contributed by atoms with Gasteiger partial charge in [-0.25, -0.2) is 4.39 Å². The normalized spacial score (nSPS) is 29.3. The van der Waals surface area contributed by atoms with Crippen LogP contribution in [0.3, 0.4) is 0 Å². The highest BCUT2D eigenvalue weighted by atomic mass is 79.9. The topological polar surface area (TPSA) is 35.2 Å². The molecule has 0 amide bonds. The maximum atomic E-state index is 13.8. The molecule has 1 aromatic carbocycles. The van der Waals surface area contributed by atoms with Crippen molar-refractivity contribution in [3.8, 4) is 5.75 Å². The molecule has 0 heterocycles. The van der Waals surface area contributed by atoms with E-state index >= 15 is 0 Å². The molecule has 2 unspecified atom stereocenters. The van der Waals surface area contributed by atoms with Crippen LogP contribution in [0.1, 0.15) is 32.1 Å². The summed E-state index contributed by atoms with van der Waals surface area (Å²) in [5.41, 5.74) is 6.25. The van der Waals surface area contributed by atoms with E-state index in [-0.39, 0.29) is 23.4 Å². The van der Waals surface area contributed by atoms with E-state index in [1.807, 2.05) is 0 Å². The monoisotopic (exact) mass is 313 g/mol. The van der Waals surface area contributed by atoms with Gasteiger partial charge in [0.1, 0.15) is 6.10 Å². The van der Waals surface area contributed by atoms with Gasteiger partial charge < -0.3 is 10.5 Å². The first-order chi connectivity index (χ1) is 8.62. The van der Waals surface area contributed by atoms with Crippen LogP contribution < -0.4 is 10.5 Å². The van der Waals surface area contributed by atoms with Crippen LogP contribution in [0.2, 0.25) is 0 Å². The number of hydrogen-bond acceptors (Lipinski definition) is 2. The Hall–Kier alpha value is -0.610. The Morgan fingerprint density at radius 1 is 1.33 bits per heavy atom. The molecule has 0 saturated heterocycles. The third-order valence-corrected chi connectivity index (χ3v) is 5.04. The molecule has 0 bridgehead atoms. The third-order valence-electron chi connectivity index (χ3n) is 4.55. The summed E-state index contributed by atoms with van der Waals surface area (Å²) in [6.45, 7) is 0. The van der Waals surface area contributed by atoms with E-state index in [0.717, 1.165) is 23.7 Å². The highest BCUT2D eigenvalue weighted by Gasteiger charge is 2.56. The summed E-state index contributed by atoms with van der Waals surface area (Å²) in [5.74, 6) is 0.0411. The predicted molar refractivity (Wildman–Crippen MR) is 72.0 cm³/mol. The highest BCUT2D eigenvalue weighted by Crippen LogP contribution is 2.53. The van der Waals surface area contributed by atoms with Crippen LogP contribution in [0.15, 0.2) is 22.7 Å². The summed E-state index contributed by atoms with van der Waals surface area (Å²) < 4.78 is 20.4. The van der Waals surface area contributed by atoms with Crippen LogP contribution in [0.4, 0.5) is 4.39 Å². The SMILES string of the molecule is NC1CC(Oc2ccc(Br)cc2F)C12CCCC2. The number of hydrogen-bond donors (Lipinski definition) is 1. The van der Waals surface area contributed by atoms with E-state index < -0.39 is 0 Å². The zero-order chi connectivity index (χ0) is 12.8. The van der Waals surface area contributed by atoms with Gasteiger partial charge in [-0.15, -0.1) is 0 Å². The molecule has 2 nitrogen and oxygen atoms in total. The fourth-order valence-electron chi connectivity index (χ4n) is 3.39. The van der Waals surface area contributed by atoms with Crippen molar-refractivity contribution >= 4 is 15.9 Å². The molecule has 0 radical (unpaired) electrons. The zero-order valence-electron chi connectivity index (χ0n) is 10.2. The zero-order valence-corrected chi connectivity index (χ0v) is 11.7. The molecule has 2 atom stereocenters. The molecule has 18 heavy (non-hydrogen) atoms. The minimum absolute atomic E-state index is 0.0886. The van der Waals surface area contributed by atoms with E-state index in [1.165, 1.54) is 18.9 Å². The lowest BCUT2D eigenvalue weighted by Gasteiger charge is -2.52. The van der Waals surface area contributed by atoms with Crippen molar-refractivity contribution in [3.63, 3.8) is 0 Å². The summed E-state index contributed by atoms with van der Waals surface area (Å²) in [6, 6.07) is 5.16. The second kappa shape index (κ2) is 4.49. The molecule has 3 rings (SSSR count). The van der Waals surface area contributed by atoms with Crippen molar-refractivity contribution in [2.24, 2.45) is 11.1 Å². The van der Waals surface area contributed by atoms with Gasteiger partial charge in [-0.1, -0.05) is 28.8 Å². The van der Waals surface area contributed by atoms with Crippen LogP contribution in [-0.4, -0.2) is 12.1 Å². The molecule has 1 spiro atoms. The molecule has 4 heteroatoms. The van der Waals surface area contributed by atoms with Gasteiger partial charge in [0.15, 0.2) is 11.6 Å². The Bertz CT molecular complexity index is 459. The van der Waals surface area contributed by atoms with Crippen LogP contribution in [-0.2, 0) is 0 Å². The van der Waals surface area contributed by atoms with Crippen molar-refractivity contribution in [2.45, 2.75) is 44.2 Å². The van der Waals surface area contributed by atoms with Crippen molar-refractivity contribution in [1.82, 2.24) is 0 Å². The molecule has 2 aliphatic carbocycles. The largest absolute Gasteiger partial charge is 0.487 e. The number of ether oxygens (including phenoxy) is 1. The number of nitrogens with two attached hydrogens (primary N) is 1. The molecule has 0 aromatic heterocycles. The summed E-state index contributed by atoms with van der Waals surface area (Å²) in [6.07, 6.45) is 5.61. The lowest BCUT2D eigenvalue weighted by atomic mass is 9.61. The second-order valence-corrected chi connectivity index (χ2v) is 6.38. The quantitative estimate of drug-likeness (QED) is 0.905. The average Bonchev–Trinajstić information content (AvgIpc) is 2.83. The van der Waals surface area contributed by atoms with Gasteiger partial charge in [0.25, 0.3) is 0 Å². The van der Waals surface area contributed by atoms with E-state index in [9.17, 15) is 4.39 Å². The fraction of sp³-hybridized carbons (Fsp3) is 0.571. The van der Waals surface area contributed by atoms with E-state index in [0.29, 0.717) is 5.75 Å². The molecule has 2 N–H and O–H groups in total. The van der Waals surface area contributed by atoms with Gasteiger partial charge in [-0.2, -0.15) is 0 Å². The Morgan fingerprint density at radius 3 is 2.67 bits per heavy atom. The molecule has 2 fully saturated rings. The first-order valence-electron chi connectivity index (χ1n) is 6.49. The van der Waals surface area contributed by atoms with Gasteiger partial charge in [-0.3, -0.25) is 0 Å². The third kappa shape index (κ3) is 1.86. The summed E-state index contributed by atoms with van der Waals surface area (Å²) in [7, 11) is 0. The van der Waals surface area contributed by atoms with Crippen LogP contribution >= 0.6 is 15.9 Å². The minimum atomic E-state index is -0.307. The maximum absolute atomic E-state index is 13.8. The van der Waals surface area contributed by atoms with Gasteiger partial charge in [0.05, 0.1) is 0 Å². The van der Waals surface area contributed by atoms with Crippen molar-refractivity contribution in [2.75, 3.05) is 0 Å². The van der Waals surface area contributed by atoms with Crippen molar-refractivity contribution in [1.29, 1.82) is 0 Å². The lowest BCUT2D eigenvalue weighted by Crippen LogP contribution is -2.62. The second-order valence-electron chi connectivity index (χ2n) is 5.46. The molecule has 0 aliphatic heterocycles. The smallest absolute Gasteiger partial charge is 0.166 e. The summed E-state index contributed by atoms with van der Waals surface area (Å²) >= 11 is 3.25. The van der Waals surface area contributed by atoms with Crippen molar-refractivity contribution < 1.29 is 9.13 Å². The van der Waals surface area contributed by atoms with E-state index in [2.05, 4.69) is 15.9 Å². The molecular weight excluding hydrogens is 297 g/mol. The molecule has 1 aromatic rings. The molecule has 2 saturated carbocycles. The molecule has 98 valence electrons. The van der Waals surface area contributed by atoms with Crippen LogP contribution in [0.5, 0.6) is 5.75 Å². The van der Waals surface area contributed by atoms with Gasteiger partial charge in [-0.05, 0) is 31.0 Å². The highest BCUT2D eigenvalue weighted by molar-refractivity contribution is 9.10. The average molecular weight is 314 g/mol. The van der Waals surface area contributed by atoms with Gasteiger partial charge in [0.2, 0.25) is 0 Å². The minimum Gasteiger partial charge on any atom is -0.487 e. The number of rotatable bonds is 2. The fourth-order valence-corrected chi connectivity index (χ4v) is 3.73. The van der Waals surface area contributed by atoms with Crippen molar-refractivity contribution in [3.05, 3.63) is 28.5 Å². The Morgan fingerprint density at radius 2 is 2.06 bits per heavy atom.